The molecule has 7 heteroatoms. The molecular formula is C16H19BrClN3O2. The minimum Gasteiger partial charge on any atom is -0.466 e. The first-order chi connectivity index (χ1) is 11.1. The van der Waals surface area contributed by atoms with Crippen LogP contribution < -0.4 is 0 Å². The second-order valence-electron chi connectivity index (χ2n) is 5.75. The summed E-state index contributed by atoms with van der Waals surface area (Å²) in [6.45, 7) is 4.68. The van der Waals surface area contributed by atoms with E-state index in [0.29, 0.717) is 18.2 Å². The van der Waals surface area contributed by atoms with Gasteiger partial charge in [-0.1, -0.05) is 11.6 Å². The average Bonchev–Trinajstić information content (AvgIpc) is 2.84. The van der Waals surface area contributed by atoms with Gasteiger partial charge < -0.3 is 4.74 Å². The number of likely N-dealkylation sites (tertiary alicyclic amines) is 1. The molecule has 0 spiro atoms. The lowest BCUT2D eigenvalue weighted by Crippen LogP contribution is -2.39. The number of rotatable bonds is 4. The first-order valence-electron chi connectivity index (χ1n) is 7.79. The Hall–Kier alpha value is -1.11. The molecule has 3 heterocycles. The average molecular weight is 401 g/mol. The highest BCUT2D eigenvalue weighted by Gasteiger charge is 2.27. The van der Waals surface area contributed by atoms with E-state index in [9.17, 15) is 4.79 Å². The van der Waals surface area contributed by atoms with Crippen LogP contribution in [0.2, 0.25) is 5.02 Å². The highest BCUT2D eigenvalue weighted by atomic mass is 79.9. The van der Waals surface area contributed by atoms with Gasteiger partial charge in [-0.25, -0.2) is 4.98 Å². The molecule has 0 unspecified atom stereocenters. The van der Waals surface area contributed by atoms with Crippen LogP contribution in [-0.4, -0.2) is 40.0 Å². The summed E-state index contributed by atoms with van der Waals surface area (Å²) in [6, 6.07) is 3.73. The van der Waals surface area contributed by atoms with Gasteiger partial charge in [0.25, 0.3) is 0 Å². The zero-order valence-corrected chi connectivity index (χ0v) is 15.3. The maximum atomic E-state index is 11.9. The predicted octanol–water partition coefficient (Wildman–Crippen LogP) is 3.53. The quantitative estimate of drug-likeness (QED) is 0.737. The van der Waals surface area contributed by atoms with Crippen LogP contribution in [-0.2, 0) is 16.1 Å². The van der Waals surface area contributed by atoms with Gasteiger partial charge in [-0.2, -0.15) is 0 Å². The molecule has 0 aromatic carbocycles. The number of halogens is 2. The van der Waals surface area contributed by atoms with Crippen molar-refractivity contribution in [3.63, 3.8) is 0 Å². The van der Waals surface area contributed by atoms with Gasteiger partial charge in [-0.3, -0.25) is 14.1 Å². The van der Waals surface area contributed by atoms with Gasteiger partial charge in [-0.15, -0.1) is 0 Å². The third kappa shape index (κ3) is 3.70. The molecule has 0 N–H and O–H groups in total. The number of esters is 1. The number of carbonyl (C=O) groups excluding carboxylic acids is 1. The second-order valence-corrected chi connectivity index (χ2v) is 6.94. The van der Waals surface area contributed by atoms with Crippen molar-refractivity contribution in [3.8, 4) is 0 Å². The lowest BCUT2D eigenvalue weighted by atomic mass is 9.98. The fraction of sp³-hybridized carbons (Fsp3) is 0.500. The summed E-state index contributed by atoms with van der Waals surface area (Å²) >= 11 is 9.65. The van der Waals surface area contributed by atoms with E-state index < -0.39 is 0 Å². The fourth-order valence-corrected chi connectivity index (χ4v) is 3.66. The largest absolute Gasteiger partial charge is 0.466 e. The van der Waals surface area contributed by atoms with Crippen molar-refractivity contribution in [3.05, 3.63) is 33.6 Å². The Balaban J connectivity index is 1.74. The molecule has 1 saturated heterocycles. The van der Waals surface area contributed by atoms with Gasteiger partial charge in [0.05, 0.1) is 23.2 Å². The van der Waals surface area contributed by atoms with Crippen molar-refractivity contribution in [2.24, 2.45) is 5.92 Å². The Morgan fingerprint density at radius 1 is 1.52 bits per heavy atom. The smallest absolute Gasteiger partial charge is 0.310 e. The summed E-state index contributed by atoms with van der Waals surface area (Å²) in [5, 5.41) is 0.669. The summed E-state index contributed by atoms with van der Waals surface area (Å²) in [5.74, 6) is -0.119. The minimum atomic E-state index is -0.0851. The van der Waals surface area contributed by atoms with Gasteiger partial charge in [0, 0.05) is 19.3 Å². The number of fused-ring (bicyclic) bond motifs is 1. The van der Waals surface area contributed by atoms with Crippen LogP contribution in [0.25, 0.3) is 5.65 Å². The van der Waals surface area contributed by atoms with Gasteiger partial charge >= 0.3 is 5.97 Å². The lowest BCUT2D eigenvalue weighted by molar-refractivity contribution is -0.150. The van der Waals surface area contributed by atoms with Crippen LogP contribution in [0, 0.1) is 5.92 Å². The zero-order valence-electron chi connectivity index (χ0n) is 13.0. The Morgan fingerprint density at radius 3 is 3.13 bits per heavy atom. The van der Waals surface area contributed by atoms with Gasteiger partial charge in [-0.05, 0) is 54.4 Å². The van der Waals surface area contributed by atoms with Crippen molar-refractivity contribution in [1.29, 1.82) is 0 Å². The lowest BCUT2D eigenvalue weighted by Gasteiger charge is -2.30. The van der Waals surface area contributed by atoms with E-state index in [-0.39, 0.29) is 11.9 Å². The Kier molecular flexibility index (Phi) is 5.24. The maximum absolute atomic E-state index is 11.9. The van der Waals surface area contributed by atoms with Crippen LogP contribution in [0.15, 0.2) is 22.9 Å². The van der Waals surface area contributed by atoms with Crippen molar-refractivity contribution < 1.29 is 9.53 Å². The highest BCUT2D eigenvalue weighted by molar-refractivity contribution is 9.10. The van der Waals surface area contributed by atoms with E-state index in [0.717, 1.165) is 41.9 Å². The van der Waals surface area contributed by atoms with Crippen molar-refractivity contribution >= 4 is 39.1 Å². The van der Waals surface area contributed by atoms with E-state index in [1.165, 1.54) is 0 Å². The second kappa shape index (κ2) is 7.20. The SMILES string of the molecule is CCOC(=O)[C@@H]1CCCN(Cc2nc3ccc(Cl)cn3c2Br)C1. The molecule has 2 aromatic heterocycles. The molecule has 0 amide bonds. The molecule has 124 valence electrons. The van der Waals surface area contributed by atoms with Gasteiger partial charge in [0.15, 0.2) is 0 Å². The number of hydrogen-bond donors (Lipinski definition) is 0. The third-order valence-electron chi connectivity index (χ3n) is 4.09. The number of carbonyl (C=O) groups is 1. The third-order valence-corrected chi connectivity index (χ3v) is 5.15. The Bertz CT molecular complexity index is 719. The number of nitrogens with zero attached hydrogens (tertiary/aromatic N) is 3. The summed E-state index contributed by atoms with van der Waals surface area (Å²) in [7, 11) is 0. The number of piperidine rings is 1. The predicted molar refractivity (Wildman–Crippen MR) is 92.5 cm³/mol. The summed E-state index contributed by atoms with van der Waals surface area (Å²) < 4.78 is 8.00. The molecule has 2 aromatic rings. The standard InChI is InChI=1S/C16H19BrClN3O2/c1-2-23-16(22)11-4-3-7-20(8-11)10-13-15(17)21-9-12(18)5-6-14(21)19-13/h5-6,9,11H,2-4,7-8,10H2,1H3/t11-/m1/s1. The van der Waals surface area contributed by atoms with E-state index >= 15 is 0 Å². The van der Waals surface area contributed by atoms with Crippen molar-refractivity contribution in [1.82, 2.24) is 14.3 Å². The summed E-state index contributed by atoms with van der Waals surface area (Å²) in [6.07, 6.45) is 3.74. The van der Waals surface area contributed by atoms with Crippen LogP contribution in [0.3, 0.4) is 0 Å². The molecule has 0 saturated carbocycles. The molecule has 5 nitrogen and oxygen atoms in total. The van der Waals surface area contributed by atoms with Crippen LogP contribution in [0.4, 0.5) is 0 Å². The zero-order chi connectivity index (χ0) is 16.4. The molecule has 0 radical (unpaired) electrons. The number of ether oxygens (including phenoxy) is 1. The number of hydrogen-bond acceptors (Lipinski definition) is 4. The number of aromatic nitrogens is 2. The molecule has 0 bridgehead atoms. The van der Waals surface area contributed by atoms with E-state index in [1.54, 1.807) is 0 Å². The molecule has 1 aliphatic heterocycles. The topological polar surface area (TPSA) is 46.8 Å². The maximum Gasteiger partial charge on any atom is 0.310 e. The first kappa shape index (κ1) is 16.7. The molecule has 0 aliphatic carbocycles. The number of imidazole rings is 1. The normalized spacial score (nSPS) is 19.2. The highest BCUT2D eigenvalue weighted by Crippen LogP contribution is 2.25. The van der Waals surface area contributed by atoms with Crippen LogP contribution in [0.1, 0.15) is 25.5 Å². The van der Waals surface area contributed by atoms with E-state index in [1.807, 2.05) is 29.7 Å². The molecular weight excluding hydrogens is 382 g/mol. The molecule has 23 heavy (non-hydrogen) atoms. The van der Waals surface area contributed by atoms with E-state index in [2.05, 4.69) is 25.8 Å². The summed E-state index contributed by atoms with van der Waals surface area (Å²) in [5.41, 5.74) is 1.81. The molecule has 3 rings (SSSR count). The van der Waals surface area contributed by atoms with Crippen molar-refractivity contribution in [2.45, 2.75) is 26.3 Å². The minimum absolute atomic E-state index is 0.0334. The fourth-order valence-electron chi connectivity index (χ4n) is 3.00. The molecule has 1 aliphatic rings. The van der Waals surface area contributed by atoms with Crippen LogP contribution in [0.5, 0.6) is 0 Å². The Labute approximate surface area is 148 Å². The van der Waals surface area contributed by atoms with Gasteiger partial charge in [0.1, 0.15) is 10.3 Å². The first-order valence-corrected chi connectivity index (χ1v) is 8.96. The monoisotopic (exact) mass is 399 g/mol. The molecule has 1 fully saturated rings. The molecule has 1 atom stereocenters. The number of pyridine rings is 1. The van der Waals surface area contributed by atoms with E-state index in [4.69, 9.17) is 16.3 Å². The Morgan fingerprint density at radius 2 is 2.35 bits per heavy atom. The van der Waals surface area contributed by atoms with Gasteiger partial charge in [0.2, 0.25) is 0 Å². The van der Waals surface area contributed by atoms with Crippen molar-refractivity contribution in [2.75, 3.05) is 19.7 Å². The summed E-state index contributed by atoms with van der Waals surface area (Å²) in [4.78, 5) is 18.9. The van der Waals surface area contributed by atoms with Crippen LogP contribution >= 0.6 is 27.5 Å².